The molecule has 0 aliphatic heterocycles. The van der Waals surface area contributed by atoms with Gasteiger partial charge >= 0.3 is 0 Å². The van der Waals surface area contributed by atoms with Gasteiger partial charge in [-0.05, 0) is 19.6 Å². The molecule has 0 heterocycles. The van der Waals surface area contributed by atoms with E-state index in [1.165, 1.54) is 11.8 Å². The first-order valence-corrected chi connectivity index (χ1v) is 4.14. The Morgan fingerprint density at radius 1 is 1.78 bits per heavy atom. The Bertz CT molecular complexity index is 112. The summed E-state index contributed by atoms with van der Waals surface area (Å²) in [6.45, 7) is 3.67. The predicted octanol–water partition coefficient (Wildman–Crippen LogP) is 1.00. The van der Waals surface area contributed by atoms with Crippen molar-refractivity contribution in [1.29, 1.82) is 0 Å². The zero-order chi connectivity index (χ0) is 7.49. The number of hydrogen-bond donors (Lipinski definition) is 1. The quantitative estimate of drug-likeness (QED) is 0.633. The molecule has 0 aliphatic rings. The average Bonchev–Trinajstić information content (AvgIpc) is 1.86. The summed E-state index contributed by atoms with van der Waals surface area (Å²) in [4.78, 5) is 10.9. The van der Waals surface area contributed by atoms with Crippen LogP contribution in [0.5, 0.6) is 0 Å². The van der Waals surface area contributed by atoms with E-state index in [0.717, 1.165) is 0 Å². The summed E-state index contributed by atoms with van der Waals surface area (Å²) in [6.07, 6.45) is 2.45. The Kier molecular flexibility index (Phi) is 3.22. The van der Waals surface area contributed by atoms with E-state index in [1.807, 2.05) is 6.92 Å². The van der Waals surface area contributed by atoms with Crippen LogP contribution in [0.3, 0.4) is 0 Å². The van der Waals surface area contributed by atoms with Crippen molar-refractivity contribution >= 4 is 16.9 Å². The van der Waals surface area contributed by atoms with E-state index in [0.29, 0.717) is 6.42 Å². The maximum absolute atomic E-state index is 10.9. The number of thioether (sulfide) groups is 1. The van der Waals surface area contributed by atoms with Crippen LogP contribution in [0.4, 0.5) is 0 Å². The van der Waals surface area contributed by atoms with Crippen molar-refractivity contribution in [2.75, 3.05) is 6.26 Å². The van der Waals surface area contributed by atoms with Crippen LogP contribution in [0.1, 0.15) is 20.3 Å². The van der Waals surface area contributed by atoms with E-state index in [4.69, 9.17) is 5.73 Å². The summed E-state index contributed by atoms with van der Waals surface area (Å²) < 4.78 is 0. The molecule has 0 saturated carbocycles. The molecule has 0 fully saturated rings. The fourth-order valence-corrected chi connectivity index (χ4v) is 0.988. The minimum absolute atomic E-state index is 0.0602. The monoisotopic (exact) mass is 147 g/mol. The van der Waals surface area contributed by atoms with Crippen LogP contribution in [0, 0.1) is 0 Å². The fraction of sp³-hybridized carbons (Fsp3) is 0.833. The molecule has 54 valence electrons. The smallest absolute Gasteiger partial charge is 0.208 e. The van der Waals surface area contributed by atoms with Crippen molar-refractivity contribution in [2.24, 2.45) is 5.73 Å². The minimum Gasteiger partial charge on any atom is -0.318 e. The van der Waals surface area contributed by atoms with Crippen molar-refractivity contribution in [3.8, 4) is 0 Å². The highest BCUT2D eigenvalue weighted by Crippen LogP contribution is 2.12. The van der Waals surface area contributed by atoms with Crippen LogP contribution in [-0.4, -0.2) is 16.9 Å². The Balaban J connectivity index is 3.97. The molecule has 0 saturated heterocycles. The molecule has 1 unspecified atom stereocenters. The molecule has 0 aromatic heterocycles. The standard InChI is InChI=1S/C6H13NOS/c1-4-6(2,7)5(8)9-3/h4,7H2,1-3H3. The molecule has 2 N–H and O–H groups in total. The van der Waals surface area contributed by atoms with E-state index < -0.39 is 5.54 Å². The number of rotatable bonds is 2. The third kappa shape index (κ3) is 2.37. The molecule has 0 radical (unpaired) electrons. The topological polar surface area (TPSA) is 43.1 Å². The Hall–Kier alpha value is -0.0200. The molecule has 9 heavy (non-hydrogen) atoms. The number of hydrogen-bond acceptors (Lipinski definition) is 3. The molecule has 1 atom stereocenters. The van der Waals surface area contributed by atoms with Crippen LogP contribution in [0.15, 0.2) is 0 Å². The summed E-state index contributed by atoms with van der Waals surface area (Å²) in [5.41, 5.74) is 4.97. The molecule has 0 aromatic rings. The van der Waals surface area contributed by atoms with Gasteiger partial charge in [-0.2, -0.15) is 0 Å². The normalized spacial score (nSPS) is 16.9. The van der Waals surface area contributed by atoms with Crippen LogP contribution in [0.25, 0.3) is 0 Å². The summed E-state index contributed by atoms with van der Waals surface area (Å²) in [6, 6.07) is 0. The van der Waals surface area contributed by atoms with Gasteiger partial charge in [0.25, 0.3) is 0 Å². The van der Waals surface area contributed by atoms with Crippen LogP contribution >= 0.6 is 11.8 Å². The SMILES string of the molecule is CCC(C)(N)C(=O)SC. The molecule has 3 heteroatoms. The van der Waals surface area contributed by atoms with Crippen LogP contribution in [-0.2, 0) is 4.79 Å². The largest absolute Gasteiger partial charge is 0.318 e. The van der Waals surface area contributed by atoms with Gasteiger partial charge in [0.05, 0.1) is 5.54 Å². The van der Waals surface area contributed by atoms with Gasteiger partial charge in [-0.3, -0.25) is 4.79 Å². The lowest BCUT2D eigenvalue weighted by Crippen LogP contribution is -2.42. The maximum Gasteiger partial charge on any atom is 0.208 e. The first kappa shape index (κ1) is 8.98. The van der Waals surface area contributed by atoms with Gasteiger partial charge in [0.15, 0.2) is 0 Å². The van der Waals surface area contributed by atoms with Gasteiger partial charge < -0.3 is 5.73 Å². The Labute approximate surface area is 60.2 Å². The zero-order valence-corrected chi connectivity index (χ0v) is 6.92. The van der Waals surface area contributed by atoms with Crippen LogP contribution in [0.2, 0.25) is 0 Å². The van der Waals surface area contributed by atoms with E-state index in [-0.39, 0.29) is 5.12 Å². The molecule has 0 rings (SSSR count). The van der Waals surface area contributed by atoms with Crippen LogP contribution < -0.4 is 5.73 Å². The second-order valence-electron chi connectivity index (χ2n) is 2.26. The summed E-state index contributed by atoms with van der Waals surface area (Å²) >= 11 is 1.19. The molecule has 0 aromatic carbocycles. The molecule has 0 spiro atoms. The van der Waals surface area contributed by atoms with Gasteiger partial charge in [0.2, 0.25) is 5.12 Å². The van der Waals surface area contributed by atoms with Gasteiger partial charge in [0.1, 0.15) is 0 Å². The van der Waals surface area contributed by atoms with Crippen molar-refractivity contribution in [3.63, 3.8) is 0 Å². The molecule has 2 nitrogen and oxygen atoms in total. The van der Waals surface area contributed by atoms with Gasteiger partial charge in [-0.25, -0.2) is 0 Å². The highest BCUT2D eigenvalue weighted by Gasteiger charge is 2.24. The zero-order valence-electron chi connectivity index (χ0n) is 6.10. The molecule has 0 amide bonds. The predicted molar refractivity (Wildman–Crippen MR) is 41.4 cm³/mol. The first-order valence-electron chi connectivity index (χ1n) is 2.92. The maximum atomic E-state index is 10.9. The second kappa shape index (κ2) is 3.22. The first-order chi connectivity index (χ1) is 4.04. The Morgan fingerprint density at radius 3 is 2.33 bits per heavy atom. The molecule has 0 aliphatic carbocycles. The van der Waals surface area contributed by atoms with Crippen molar-refractivity contribution in [3.05, 3.63) is 0 Å². The lowest BCUT2D eigenvalue weighted by molar-refractivity contribution is -0.115. The molecule has 0 bridgehead atoms. The van der Waals surface area contributed by atoms with Crippen molar-refractivity contribution in [2.45, 2.75) is 25.8 Å². The lowest BCUT2D eigenvalue weighted by Gasteiger charge is -2.18. The second-order valence-corrected chi connectivity index (χ2v) is 3.04. The average molecular weight is 147 g/mol. The fourth-order valence-electron chi connectivity index (χ4n) is 0.377. The summed E-state index contributed by atoms with van der Waals surface area (Å²) in [5, 5.41) is 0.0602. The molecular weight excluding hydrogens is 134 g/mol. The highest BCUT2D eigenvalue weighted by molar-refractivity contribution is 8.13. The number of nitrogens with two attached hydrogens (primary N) is 1. The minimum atomic E-state index is -0.626. The number of carbonyl (C=O) groups excluding carboxylic acids is 1. The van der Waals surface area contributed by atoms with E-state index in [9.17, 15) is 4.79 Å². The highest BCUT2D eigenvalue weighted by atomic mass is 32.2. The van der Waals surface area contributed by atoms with Gasteiger partial charge in [-0.1, -0.05) is 18.7 Å². The lowest BCUT2D eigenvalue weighted by atomic mass is 10.0. The van der Waals surface area contributed by atoms with Gasteiger partial charge in [0, 0.05) is 0 Å². The Morgan fingerprint density at radius 2 is 2.22 bits per heavy atom. The van der Waals surface area contributed by atoms with Gasteiger partial charge in [-0.15, -0.1) is 0 Å². The van der Waals surface area contributed by atoms with Crippen molar-refractivity contribution < 1.29 is 4.79 Å². The van der Waals surface area contributed by atoms with Crippen molar-refractivity contribution in [1.82, 2.24) is 0 Å². The summed E-state index contributed by atoms with van der Waals surface area (Å²) in [5.74, 6) is 0. The third-order valence-electron chi connectivity index (χ3n) is 1.39. The van der Waals surface area contributed by atoms with E-state index >= 15 is 0 Å². The van der Waals surface area contributed by atoms with E-state index in [1.54, 1.807) is 13.2 Å². The van der Waals surface area contributed by atoms with E-state index in [2.05, 4.69) is 0 Å². The molecular formula is C6H13NOS. The summed E-state index contributed by atoms with van der Waals surface area (Å²) in [7, 11) is 0. The third-order valence-corrected chi connectivity index (χ3v) is 2.22. The number of carbonyl (C=O) groups is 1.